The SMILES string of the molecule is Cc1coc(-c2cc(NC(=O)[C@H]3CC3(F)F)ccc2C)n1. The Kier molecular flexibility index (Phi) is 3.04. The number of nitrogens with one attached hydrogen (secondary N) is 1. The Bertz CT molecular complexity index is 709. The van der Waals surface area contributed by atoms with Crippen LogP contribution in [0.5, 0.6) is 0 Å². The topological polar surface area (TPSA) is 55.1 Å². The Hall–Kier alpha value is -2.24. The number of alkyl halides is 2. The largest absolute Gasteiger partial charge is 0.444 e. The number of amides is 1. The number of rotatable bonds is 3. The zero-order chi connectivity index (χ0) is 15.2. The summed E-state index contributed by atoms with van der Waals surface area (Å²) in [4.78, 5) is 15.9. The van der Waals surface area contributed by atoms with Crippen molar-refractivity contribution < 1.29 is 18.0 Å². The van der Waals surface area contributed by atoms with E-state index >= 15 is 0 Å². The predicted molar refractivity (Wildman–Crippen MR) is 73.1 cm³/mol. The molecule has 0 spiro atoms. The average Bonchev–Trinajstić information content (AvgIpc) is 2.85. The summed E-state index contributed by atoms with van der Waals surface area (Å²) in [6.07, 6.45) is 1.15. The highest BCUT2D eigenvalue weighted by molar-refractivity contribution is 5.95. The van der Waals surface area contributed by atoms with Crippen LogP contribution in [0, 0.1) is 19.8 Å². The Morgan fingerprint density at radius 3 is 2.71 bits per heavy atom. The Labute approximate surface area is 120 Å². The van der Waals surface area contributed by atoms with E-state index < -0.39 is 17.7 Å². The molecule has 1 fully saturated rings. The van der Waals surface area contributed by atoms with Crippen LogP contribution >= 0.6 is 0 Å². The number of carbonyl (C=O) groups excluding carboxylic acids is 1. The van der Waals surface area contributed by atoms with Crippen LogP contribution in [-0.2, 0) is 4.79 Å². The molecule has 1 aromatic heterocycles. The van der Waals surface area contributed by atoms with E-state index in [1.165, 1.54) is 6.26 Å². The summed E-state index contributed by atoms with van der Waals surface area (Å²) in [5.74, 6) is -4.29. The van der Waals surface area contributed by atoms with Crippen molar-refractivity contribution in [2.75, 3.05) is 5.32 Å². The van der Waals surface area contributed by atoms with Gasteiger partial charge in [0.15, 0.2) is 0 Å². The van der Waals surface area contributed by atoms with Crippen molar-refractivity contribution in [1.29, 1.82) is 0 Å². The summed E-state index contributed by atoms with van der Waals surface area (Å²) >= 11 is 0. The summed E-state index contributed by atoms with van der Waals surface area (Å²) in [6, 6.07) is 5.14. The van der Waals surface area contributed by atoms with Gasteiger partial charge < -0.3 is 9.73 Å². The van der Waals surface area contributed by atoms with Crippen molar-refractivity contribution in [2.45, 2.75) is 26.2 Å². The van der Waals surface area contributed by atoms with Crippen LogP contribution in [0.25, 0.3) is 11.5 Å². The third-order valence-corrected chi connectivity index (χ3v) is 3.50. The smallest absolute Gasteiger partial charge is 0.260 e. The van der Waals surface area contributed by atoms with Crippen molar-refractivity contribution >= 4 is 11.6 Å². The van der Waals surface area contributed by atoms with E-state index in [9.17, 15) is 13.6 Å². The maximum atomic E-state index is 12.9. The molecular formula is C15H14F2N2O2. The van der Waals surface area contributed by atoms with Crippen molar-refractivity contribution in [1.82, 2.24) is 4.98 Å². The molecule has 3 rings (SSSR count). The molecule has 21 heavy (non-hydrogen) atoms. The molecule has 2 aromatic rings. The van der Waals surface area contributed by atoms with E-state index in [-0.39, 0.29) is 6.42 Å². The standard InChI is InChI=1S/C15H14F2N2O2/c1-8-3-4-10(19-13(20)12-6-15(12,16)17)5-11(8)14-18-9(2)7-21-14/h3-5,7,12H,6H2,1-2H3,(H,19,20)/t12-/m1/s1. The second-order valence-electron chi connectivity index (χ2n) is 5.33. The summed E-state index contributed by atoms with van der Waals surface area (Å²) < 4.78 is 31.1. The molecule has 4 nitrogen and oxygen atoms in total. The predicted octanol–water partition coefficient (Wildman–Crippen LogP) is 3.55. The number of aromatic nitrogens is 1. The summed E-state index contributed by atoms with van der Waals surface area (Å²) in [5, 5.41) is 2.52. The highest BCUT2D eigenvalue weighted by Crippen LogP contribution is 2.49. The number of hydrogen-bond donors (Lipinski definition) is 1. The van der Waals surface area contributed by atoms with Crippen LogP contribution in [0.2, 0.25) is 0 Å². The number of nitrogens with zero attached hydrogens (tertiary/aromatic N) is 1. The monoisotopic (exact) mass is 292 g/mol. The van der Waals surface area contributed by atoms with Crippen molar-refractivity contribution in [3.8, 4) is 11.5 Å². The molecule has 1 N–H and O–H groups in total. The fourth-order valence-corrected chi connectivity index (χ4v) is 2.13. The van der Waals surface area contributed by atoms with Gasteiger partial charge in [-0.15, -0.1) is 0 Å². The number of anilines is 1. The fourth-order valence-electron chi connectivity index (χ4n) is 2.13. The zero-order valence-electron chi connectivity index (χ0n) is 11.6. The van der Waals surface area contributed by atoms with Gasteiger partial charge in [0.1, 0.15) is 12.2 Å². The average molecular weight is 292 g/mol. The van der Waals surface area contributed by atoms with Crippen LogP contribution in [0.15, 0.2) is 28.9 Å². The first-order valence-electron chi connectivity index (χ1n) is 6.58. The summed E-state index contributed by atoms with van der Waals surface area (Å²) in [5.41, 5.74) is 2.85. The second kappa shape index (κ2) is 4.65. The maximum absolute atomic E-state index is 12.9. The molecule has 1 heterocycles. The van der Waals surface area contributed by atoms with E-state index in [2.05, 4.69) is 10.3 Å². The third kappa shape index (κ3) is 2.66. The third-order valence-electron chi connectivity index (χ3n) is 3.50. The van der Waals surface area contributed by atoms with E-state index in [1.54, 1.807) is 18.2 Å². The Morgan fingerprint density at radius 2 is 2.14 bits per heavy atom. The number of oxazole rings is 1. The normalized spacial score (nSPS) is 19.3. The molecule has 1 aliphatic carbocycles. The fraction of sp³-hybridized carbons (Fsp3) is 0.333. The van der Waals surface area contributed by atoms with Crippen molar-refractivity contribution in [3.05, 3.63) is 35.7 Å². The first kappa shape index (κ1) is 13.7. The quantitative estimate of drug-likeness (QED) is 0.941. The molecular weight excluding hydrogens is 278 g/mol. The molecule has 1 aromatic carbocycles. The second-order valence-corrected chi connectivity index (χ2v) is 5.33. The first-order valence-corrected chi connectivity index (χ1v) is 6.58. The van der Waals surface area contributed by atoms with Gasteiger partial charge in [0.25, 0.3) is 5.92 Å². The lowest BCUT2D eigenvalue weighted by atomic mass is 10.1. The van der Waals surface area contributed by atoms with Crippen LogP contribution in [0.1, 0.15) is 17.7 Å². The van der Waals surface area contributed by atoms with Gasteiger partial charge in [-0.1, -0.05) is 6.07 Å². The maximum Gasteiger partial charge on any atom is 0.260 e. The Morgan fingerprint density at radius 1 is 1.43 bits per heavy atom. The molecule has 0 radical (unpaired) electrons. The van der Waals surface area contributed by atoms with E-state index in [1.807, 2.05) is 13.8 Å². The van der Waals surface area contributed by atoms with Gasteiger partial charge in [-0.3, -0.25) is 4.79 Å². The molecule has 1 atom stereocenters. The van der Waals surface area contributed by atoms with E-state index in [0.29, 0.717) is 11.6 Å². The van der Waals surface area contributed by atoms with Crippen LogP contribution in [0.4, 0.5) is 14.5 Å². The van der Waals surface area contributed by atoms with E-state index in [0.717, 1.165) is 16.8 Å². The van der Waals surface area contributed by atoms with Gasteiger partial charge in [-0.05, 0) is 31.5 Å². The lowest BCUT2D eigenvalue weighted by Crippen LogP contribution is -2.17. The minimum Gasteiger partial charge on any atom is -0.444 e. The number of benzene rings is 1. The van der Waals surface area contributed by atoms with Crippen LogP contribution in [0.3, 0.4) is 0 Å². The van der Waals surface area contributed by atoms with Gasteiger partial charge in [0, 0.05) is 17.7 Å². The Balaban J connectivity index is 1.83. The van der Waals surface area contributed by atoms with Gasteiger partial charge >= 0.3 is 0 Å². The highest BCUT2D eigenvalue weighted by Gasteiger charge is 2.61. The van der Waals surface area contributed by atoms with Crippen molar-refractivity contribution in [3.63, 3.8) is 0 Å². The molecule has 110 valence electrons. The molecule has 0 aliphatic heterocycles. The van der Waals surface area contributed by atoms with Crippen molar-refractivity contribution in [2.24, 2.45) is 5.92 Å². The van der Waals surface area contributed by atoms with Gasteiger partial charge in [0.05, 0.1) is 5.69 Å². The van der Waals surface area contributed by atoms with Gasteiger partial charge in [0.2, 0.25) is 11.8 Å². The lowest BCUT2D eigenvalue weighted by Gasteiger charge is -2.08. The number of carbonyl (C=O) groups is 1. The molecule has 1 aliphatic rings. The molecule has 1 amide bonds. The number of aryl methyl sites for hydroxylation is 2. The summed E-state index contributed by atoms with van der Waals surface area (Å²) in [7, 11) is 0. The minimum absolute atomic E-state index is 0.378. The molecule has 1 saturated carbocycles. The molecule has 0 saturated heterocycles. The molecule has 0 bridgehead atoms. The van der Waals surface area contributed by atoms with Crippen LogP contribution in [-0.4, -0.2) is 16.8 Å². The molecule has 6 heteroatoms. The van der Waals surface area contributed by atoms with Gasteiger partial charge in [-0.2, -0.15) is 0 Å². The summed E-state index contributed by atoms with van der Waals surface area (Å²) in [6.45, 7) is 3.69. The molecule has 0 unspecified atom stereocenters. The van der Waals surface area contributed by atoms with E-state index in [4.69, 9.17) is 4.42 Å². The number of halogens is 2. The first-order chi connectivity index (χ1) is 9.87. The minimum atomic E-state index is -2.86. The zero-order valence-corrected chi connectivity index (χ0v) is 11.6. The number of hydrogen-bond acceptors (Lipinski definition) is 3. The highest BCUT2D eigenvalue weighted by atomic mass is 19.3. The van der Waals surface area contributed by atoms with Crippen LogP contribution < -0.4 is 5.32 Å². The lowest BCUT2D eigenvalue weighted by molar-refractivity contribution is -0.119. The van der Waals surface area contributed by atoms with Gasteiger partial charge in [-0.25, -0.2) is 13.8 Å².